The van der Waals surface area contributed by atoms with Crippen LogP contribution in [0.2, 0.25) is 0 Å². The average molecular weight is 455 g/mol. The Bertz CT molecular complexity index is 322. The van der Waals surface area contributed by atoms with Gasteiger partial charge in [-0.05, 0) is 25.8 Å². The topological polar surface area (TPSA) is 52.1 Å². The zero-order chi connectivity index (χ0) is 16.9. The molecule has 1 saturated heterocycles. The Kier molecular flexibility index (Phi) is 15.1. The van der Waals surface area contributed by atoms with Gasteiger partial charge in [-0.3, -0.25) is 4.99 Å². The third-order valence-corrected chi connectivity index (χ3v) is 4.20. The van der Waals surface area contributed by atoms with Gasteiger partial charge < -0.3 is 25.2 Å². The Hall–Kier alpha value is -0.120. The Morgan fingerprint density at radius 3 is 2.38 bits per heavy atom. The fourth-order valence-corrected chi connectivity index (χ4v) is 2.80. The van der Waals surface area contributed by atoms with Gasteiger partial charge in [0.2, 0.25) is 0 Å². The molecule has 0 bridgehead atoms. The molecule has 0 amide bonds. The van der Waals surface area contributed by atoms with Crippen LogP contribution in [0.5, 0.6) is 0 Å². The van der Waals surface area contributed by atoms with Crippen LogP contribution in [0, 0.1) is 5.92 Å². The smallest absolute Gasteiger partial charge is 0.191 e. The van der Waals surface area contributed by atoms with Gasteiger partial charge in [0.25, 0.3) is 0 Å². The molecule has 1 rings (SSSR count). The second-order valence-corrected chi connectivity index (χ2v) is 6.33. The highest BCUT2D eigenvalue weighted by Crippen LogP contribution is 2.06. The number of nitrogens with one attached hydrogen (secondary N) is 2. The molecule has 6 nitrogen and oxygen atoms in total. The summed E-state index contributed by atoms with van der Waals surface area (Å²) in [6.45, 7) is 17.2. The van der Waals surface area contributed by atoms with Crippen molar-refractivity contribution in [2.45, 2.75) is 27.2 Å². The first-order valence-electron chi connectivity index (χ1n) is 9.15. The van der Waals surface area contributed by atoms with Gasteiger partial charge in [-0.1, -0.05) is 13.8 Å². The Morgan fingerprint density at radius 1 is 1.12 bits per heavy atom. The minimum atomic E-state index is 0. The van der Waals surface area contributed by atoms with Crippen molar-refractivity contribution in [3.63, 3.8) is 0 Å². The summed E-state index contributed by atoms with van der Waals surface area (Å²) in [7, 11) is 1.74. The number of rotatable bonds is 10. The van der Waals surface area contributed by atoms with Crippen molar-refractivity contribution < 1.29 is 4.74 Å². The van der Waals surface area contributed by atoms with Crippen LogP contribution in [0.4, 0.5) is 0 Å². The Morgan fingerprint density at radius 2 is 1.79 bits per heavy atom. The van der Waals surface area contributed by atoms with E-state index in [0.29, 0.717) is 5.92 Å². The maximum Gasteiger partial charge on any atom is 0.191 e. The predicted octanol–water partition coefficient (Wildman–Crippen LogP) is 1.47. The highest BCUT2D eigenvalue weighted by atomic mass is 127. The third kappa shape index (κ3) is 10.7. The molecular weight excluding hydrogens is 417 g/mol. The van der Waals surface area contributed by atoms with Crippen LogP contribution < -0.4 is 10.6 Å². The minimum absolute atomic E-state index is 0. The van der Waals surface area contributed by atoms with E-state index in [1.807, 2.05) is 0 Å². The largest absolute Gasteiger partial charge is 0.385 e. The molecule has 0 aromatic heterocycles. The zero-order valence-electron chi connectivity index (χ0n) is 16.0. The summed E-state index contributed by atoms with van der Waals surface area (Å²) < 4.78 is 5.07. The number of piperazine rings is 1. The first-order chi connectivity index (χ1) is 11.2. The number of nitrogens with zero attached hydrogens (tertiary/aromatic N) is 3. The van der Waals surface area contributed by atoms with Crippen LogP contribution in [0.25, 0.3) is 0 Å². The summed E-state index contributed by atoms with van der Waals surface area (Å²) in [4.78, 5) is 9.82. The summed E-state index contributed by atoms with van der Waals surface area (Å²) in [5.41, 5.74) is 0. The first-order valence-corrected chi connectivity index (χ1v) is 9.15. The zero-order valence-corrected chi connectivity index (χ0v) is 18.3. The normalized spacial score (nSPS) is 18.1. The molecule has 0 aromatic carbocycles. The van der Waals surface area contributed by atoms with Crippen LogP contribution in [-0.4, -0.2) is 88.4 Å². The van der Waals surface area contributed by atoms with E-state index in [1.165, 1.54) is 32.7 Å². The number of aliphatic imine (C=N–C) groups is 1. The van der Waals surface area contributed by atoms with E-state index in [0.717, 1.165) is 45.2 Å². The molecule has 1 unspecified atom stereocenters. The van der Waals surface area contributed by atoms with Gasteiger partial charge in [0, 0.05) is 66.1 Å². The van der Waals surface area contributed by atoms with E-state index in [4.69, 9.17) is 9.73 Å². The molecule has 144 valence electrons. The van der Waals surface area contributed by atoms with Crippen LogP contribution in [0.3, 0.4) is 0 Å². The van der Waals surface area contributed by atoms with E-state index < -0.39 is 0 Å². The lowest BCUT2D eigenvalue weighted by molar-refractivity contribution is 0.125. The molecule has 1 atom stereocenters. The summed E-state index contributed by atoms with van der Waals surface area (Å²) >= 11 is 0. The number of hydrogen-bond acceptors (Lipinski definition) is 4. The molecule has 0 saturated carbocycles. The highest BCUT2D eigenvalue weighted by molar-refractivity contribution is 14.0. The van der Waals surface area contributed by atoms with E-state index in [2.05, 4.69) is 41.2 Å². The van der Waals surface area contributed by atoms with Gasteiger partial charge in [-0.25, -0.2) is 0 Å². The second kappa shape index (κ2) is 15.2. The summed E-state index contributed by atoms with van der Waals surface area (Å²) in [5, 5.41) is 6.68. The van der Waals surface area contributed by atoms with Crippen LogP contribution >= 0.6 is 24.0 Å². The lowest BCUT2D eigenvalue weighted by Crippen LogP contribution is -2.47. The van der Waals surface area contributed by atoms with Crippen LogP contribution in [-0.2, 0) is 4.74 Å². The quantitative estimate of drug-likeness (QED) is 0.226. The van der Waals surface area contributed by atoms with Gasteiger partial charge in [-0.15, -0.1) is 24.0 Å². The molecule has 0 radical (unpaired) electrons. The van der Waals surface area contributed by atoms with Crippen molar-refractivity contribution in [1.29, 1.82) is 0 Å². The third-order valence-electron chi connectivity index (χ3n) is 4.20. The molecule has 24 heavy (non-hydrogen) atoms. The van der Waals surface area contributed by atoms with Crippen molar-refractivity contribution in [1.82, 2.24) is 20.4 Å². The SMILES string of the molecule is CCNC(=NCC(C)CN1CCN(CC)CC1)NCCCOC.I. The van der Waals surface area contributed by atoms with Crippen molar-refractivity contribution in [2.24, 2.45) is 10.9 Å². The number of hydrogen-bond donors (Lipinski definition) is 2. The standard InChI is InChI=1S/C17H37N5O.HI/c1-5-18-17(19-8-7-13-23-4)20-14-16(3)15-22-11-9-21(6-2)10-12-22;/h16H,5-15H2,1-4H3,(H2,18,19,20);1H. The number of likely N-dealkylation sites (N-methyl/N-ethyl adjacent to an activating group) is 1. The molecule has 0 aromatic rings. The molecule has 2 N–H and O–H groups in total. The van der Waals surface area contributed by atoms with Gasteiger partial charge in [0.1, 0.15) is 0 Å². The maximum absolute atomic E-state index is 5.07. The molecule has 1 fully saturated rings. The Labute approximate surface area is 165 Å². The van der Waals surface area contributed by atoms with E-state index in [9.17, 15) is 0 Å². The fraction of sp³-hybridized carbons (Fsp3) is 0.941. The maximum atomic E-state index is 5.07. The lowest BCUT2D eigenvalue weighted by Gasteiger charge is -2.35. The number of guanidine groups is 1. The van der Waals surface area contributed by atoms with Crippen LogP contribution in [0.15, 0.2) is 4.99 Å². The Balaban J connectivity index is 0.00000529. The summed E-state index contributed by atoms with van der Waals surface area (Å²) in [5.74, 6) is 1.50. The first kappa shape index (κ1) is 23.9. The minimum Gasteiger partial charge on any atom is -0.385 e. The molecule has 1 aliphatic heterocycles. The van der Waals surface area contributed by atoms with Gasteiger partial charge in [-0.2, -0.15) is 0 Å². The molecule has 0 aliphatic carbocycles. The van der Waals surface area contributed by atoms with E-state index in [-0.39, 0.29) is 24.0 Å². The summed E-state index contributed by atoms with van der Waals surface area (Å²) in [6.07, 6.45) is 0.998. The van der Waals surface area contributed by atoms with Crippen LogP contribution in [0.1, 0.15) is 27.2 Å². The van der Waals surface area contributed by atoms with Crippen molar-refractivity contribution >= 4 is 29.9 Å². The lowest BCUT2D eigenvalue weighted by atomic mass is 10.1. The molecule has 1 aliphatic rings. The van der Waals surface area contributed by atoms with Crippen molar-refractivity contribution in [3.8, 4) is 0 Å². The van der Waals surface area contributed by atoms with Crippen molar-refractivity contribution in [3.05, 3.63) is 0 Å². The number of methoxy groups -OCH3 is 1. The number of ether oxygens (including phenoxy) is 1. The van der Waals surface area contributed by atoms with Gasteiger partial charge >= 0.3 is 0 Å². The molecule has 1 heterocycles. The monoisotopic (exact) mass is 455 g/mol. The average Bonchev–Trinajstić information content (AvgIpc) is 2.57. The summed E-state index contributed by atoms with van der Waals surface area (Å²) in [6, 6.07) is 0. The second-order valence-electron chi connectivity index (χ2n) is 6.33. The molecule has 7 heteroatoms. The highest BCUT2D eigenvalue weighted by Gasteiger charge is 2.17. The van der Waals surface area contributed by atoms with E-state index in [1.54, 1.807) is 7.11 Å². The number of halogens is 1. The molecule has 0 spiro atoms. The van der Waals surface area contributed by atoms with E-state index >= 15 is 0 Å². The predicted molar refractivity (Wildman–Crippen MR) is 114 cm³/mol. The van der Waals surface area contributed by atoms with Crippen molar-refractivity contribution in [2.75, 3.05) is 72.6 Å². The van der Waals surface area contributed by atoms with Gasteiger partial charge in [0.05, 0.1) is 0 Å². The molecular formula is C17H38IN5O. The fourth-order valence-electron chi connectivity index (χ4n) is 2.80. The van der Waals surface area contributed by atoms with Gasteiger partial charge in [0.15, 0.2) is 5.96 Å².